The fraction of sp³-hybridized carbons (Fsp3) is 0.308. The molecule has 8 heteroatoms. The summed E-state index contributed by atoms with van der Waals surface area (Å²) >= 11 is 0. The van der Waals surface area contributed by atoms with Gasteiger partial charge >= 0.3 is 0 Å². The van der Waals surface area contributed by atoms with Crippen molar-refractivity contribution in [2.45, 2.75) is 31.6 Å². The highest BCUT2D eigenvalue weighted by atomic mass is 32.2. The van der Waals surface area contributed by atoms with Gasteiger partial charge in [-0.05, 0) is 68.1 Å². The Hall–Kier alpha value is -3.23. The van der Waals surface area contributed by atoms with Crippen molar-refractivity contribution in [3.8, 4) is 0 Å². The van der Waals surface area contributed by atoms with Crippen LogP contribution in [0, 0.1) is 5.92 Å². The van der Waals surface area contributed by atoms with Crippen LogP contribution in [0.2, 0.25) is 0 Å². The molecule has 1 N–H and O–H groups in total. The Kier molecular flexibility index (Phi) is 5.65. The number of benzene rings is 3. The van der Waals surface area contributed by atoms with Crippen LogP contribution < -0.4 is 10.2 Å². The SMILES string of the molecule is CCN1C(=O)c2cccc3c(NC(=O)c4ccc(S(=O)(=O)N5CCC[C@@H](C)C5)cc4)ccc1c23. The molecular formula is C26H27N3O4S. The molecule has 2 heterocycles. The molecule has 0 bridgehead atoms. The first-order chi connectivity index (χ1) is 16.3. The highest BCUT2D eigenvalue weighted by Gasteiger charge is 2.30. The summed E-state index contributed by atoms with van der Waals surface area (Å²) in [6.45, 7) is 5.61. The lowest BCUT2D eigenvalue weighted by Crippen LogP contribution is -2.39. The van der Waals surface area contributed by atoms with Crippen LogP contribution in [0.1, 0.15) is 47.4 Å². The number of anilines is 2. The van der Waals surface area contributed by atoms with Crippen molar-refractivity contribution in [3.05, 3.63) is 65.7 Å². The van der Waals surface area contributed by atoms with Gasteiger partial charge in [0.05, 0.1) is 10.6 Å². The number of nitrogens with one attached hydrogen (secondary N) is 1. The molecule has 0 radical (unpaired) electrons. The van der Waals surface area contributed by atoms with Crippen LogP contribution in [0.15, 0.2) is 59.5 Å². The fourth-order valence-electron chi connectivity index (χ4n) is 4.96. The fourth-order valence-corrected chi connectivity index (χ4v) is 6.55. The van der Waals surface area contributed by atoms with E-state index in [4.69, 9.17) is 0 Å². The summed E-state index contributed by atoms with van der Waals surface area (Å²) in [4.78, 5) is 27.6. The van der Waals surface area contributed by atoms with E-state index in [-0.39, 0.29) is 16.7 Å². The van der Waals surface area contributed by atoms with E-state index in [1.54, 1.807) is 17.0 Å². The first-order valence-corrected chi connectivity index (χ1v) is 13.0. The topological polar surface area (TPSA) is 86.8 Å². The number of nitrogens with zero attached hydrogens (tertiary/aromatic N) is 2. The minimum absolute atomic E-state index is 0.0357. The van der Waals surface area contributed by atoms with Gasteiger partial charge in [-0.1, -0.05) is 19.1 Å². The third kappa shape index (κ3) is 3.67. The van der Waals surface area contributed by atoms with Gasteiger partial charge in [0, 0.05) is 47.2 Å². The maximum Gasteiger partial charge on any atom is 0.258 e. The van der Waals surface area contributed by atoms with Gasteiger partial charge < -0.3 is 10.2 Å². The standard InChI is InChI=1S/C26H27N3O4S/c1-3-29-23-14-13-22(20-7-4-8-21(24(20)23)26(29)31)27-25(30)18-9-11-19(12-10-18)34(32,33)28-15-5-6-17(2)16-28/h4,7-14,17H,3,5-6,15-16H2,1-2H3,(H,27,30)/t17-/m1/s1. The van der Waals surface area contributed by atoms with Gasteiger partial charge in [-0.3, -0.25) is 9.59 Å². The second-order valence-electron chi connectivity index (χ2n) is 9.00. The molecule has 3 aromatic rings. The van der Waals surface area contributed by atoms with Crippen molar-refractivity contribution < 1.29 is 18.0 Å². The molecule has 7 nitrogen and oxygen atoms in total. The van der Waals surface area contributed by atoms with Gasteiger partial charge in [-0.2, -0.15) is 4.31 Å². The summed E-state index contributed by atoms with van der Waals surface area (Å²) in [6.07, 6.45) is 1.89. The Balaban J connectivity index is 1.40. The molecular weight excluding hydrogens is 450 g/mol. The molecule has 5 rings (SSSR count). The van der Waals surface area contributed by atoms with Gasteiger partial charge in [-0.15, -0.1) is 0 Å². The molecule has 1 fully saturated rings. The van der Waals surface area contributed by atoms with Crippen LogP contribution in [-0.4, -0.2) is 44.2 Å². The second kappa shape index (κ2) is 8.52. The highest BCUT2D eigenvalue weighted by Crippen LogP contribution is 2.40. The average Bonchev–Trinajstić information content (AvgIpc) is 3.13. The smallest absolute Gasteiger partial charge is 0.258 e. The van der Waals surface area contributed by atoms with Crippen LogP contribution in [0.5, 0.6) is 0 Å². The van der Waals surface area contributed by atoms with E-state index < -0.39 is 10.0 Å². The number of hydrogen-bond donors (Lipinski definition) is 1. The number of rotatable bonds is 5. The van der Waals surface area contributed by atoms with E-state index in [9.17, 15) is 18.0 Å². The van der Waals surface area contributed by atoms with E-state index in [2.05, 4.69) is 12.2 Å². The average molecular weight is 478 g/mol. The molecule has 0 unspecified atom stereocenters. The molecule has 3 aromatic carbocycles. The number of hydrogen-bond acceptors (Lipinski definition) is 4. The molecule has 2 amide bonds. The minimum atomic E-state index is -3.58. The van der Waals surface area contributed by atoms with Crippen LogP contribution in [0.25, 0.3) is 10.8 Å². The largest absolute Gasteiger partial charge is 0.321 e. The quantitative estimate of drug-likeness (QED) is 0.587. The summed E-state index contributed by atoms with van der Waals surface area (Å²) in [5.74, 6) is -0.0366. The number of carbonyl (C=O) groups excluding carboxylic acids is 2. The van der Waals surface area contributed by atoms with Crippen molar-refractivity contribution >= 4 is 44.0 Å². The summed E-state index contributed by atoms with van der Waals surface area (Å²) < 4.78 is 27.5. The third-order valence-corrected chi connectivity index (χ3v) is 8.60. The van der Waals surface area contributed by atoms with Gasteiger partial charge in [-0.25, -0.2) is 8.42 Å². The van der Waals surface area contributed by atoms with Crippen LogP contribution in [0.4, 0.5) is 11.4 Å². The zero-order valence-electron chi connectivity index (χ0n) is 19.2. The van der Waals surface area contributed by atoms with E-state index >= 15 is 0 Å². The first kappa shape index (κ1) is 22.6. The number of piperidine rings is 1. The molecule has 0 aliphatic carbocycles. The lowest BCUT2D eigenvalue weighted by atomic mass is 10.0. The molecule has 1 saturated heterocycles. The zero-order chi connectivity index (χ0) is 24.0. The Morgan fingerprint density at radius 2 is 1.85 bits per heavy atom. The predicted octanol–water partition coefficient (Wildman–Crippen LogP) is 4.49. The molecule has 0 aromatic heterocycles. The van der Waals surface area contributed by atoms with Gasteiger partial charge in [0.2, 0.25) is 10.0 Å². The Morgan fingerprint density at radius 3 is 2.56 bits per heavy atom. The molecule has 1 atom stereocenters. The van der Waals surface area contributed by atoms with Crippen molar-refractivity contribution in [2.75, 3.05) is 29.9 Å². The van der Waals surface area contributed by atoms with E-state index in [0.717, 1.165) is 29.3 Å². The summed E-state index contributed by atoms with van der Waals surface area (Å²) in [7, 11) is -3.58. The summed E-state index contributed by atoms with van der Waals surface area (Å²) in [5.41, 5.74) is 2.44. The Labute approximate surface area is 199 Å². The van der Waals surface area contributed by atoms with E-state index in [0.29, 0.717) is 42.4 Å². The molecule has 2 aliphatic rings. The van der Waals surface area contributed by atoms with Crippen molar-refractivity contribution in [3.63, 3.8) is 0 Å². The maximum absolute atomic E-state index is 13.0. The van der Waals surface area contributed by atoms with Crippen LogP contribution in [-0.2, 0) is 10.0 Å². The van der Waals surface area contributed by atoms with E-state index in [1.807, 2.05) is 25.1 Å². The number of sulfonamides is 1. The predicted molar refractivity (Wildman–Crippen MR) is 133 cm³/mol. The van der Waals surface area contributed by atoms with Crippen molar-refractivity contribution in [1.29, 1.82) is 0 Å². The normalized spacial score (nSPS) is 18.5. The Bertz CT molecular complexity index is 1400. The monoisotopic (exact) mass is 477 g/mol. The summed E-state index contributed by atoms with van der Waals surface area (Å²) in [5, 5.41) is 4.56. The number of amides is 2. The molecule has 0 saturated carbocycles. The molecule has 0 spiro atoms. The van der Waals surface area contributed by atoms with Gasteiger partial charge in [0.1, 0.15) is 0 Å². The first-order valence-electron chi connectivity index (χ1n) is 11.6. The zero-order valence-corrected chi connectivity index (χ0v) is 20.1. The molecule has 34 heavy (non-hydrogen) atoms. The second-order valence-corrected chi connectivity index (χ2v) is 10.9. The maximum atomic E-state index is 13.0. The van der Waals surface area contributed by atoms with Crippen molar-refractivity contribution in [2.24, 2.45) is 5.92 Å². The Morgan fingerprint density at radius 1 is 1.09 bits per heavy atom. The van der Waals surface area contributed by atoms with Crippen LogP contribution >= 0.6 is 0 Å². The van der Waals surface area contributed by atoms with Gasteiger partial charge in [0.25, 0.3) is 11.8 Å². The third-order valence-electron chi connectivity index (χ3n) is 6.72. The van der Waals surface area contributed by atoms with Crippen molar-refractivity contribution in [1.82, 2.24) is 4.31 Å². The van der Waals surface area contributed by atoms with Crippen LogP contribution in [0.3, 0.4) is 0 Å². The minimum Gasteiger partial charge on any atom is -0.321 e. The van der Waals surface area contributed by atoms with E-state index in [1.165, 1.54) is 28.6 Å². The molecule has 176 valence electrons. The highest BCUT2D eigenvalue weighted by molar-refractivity contribution is 7.89. The lowest BCUT2D eigenvalue weighted by Gasteiger charge is -2.30. The molecule has 2 aliphatic heterocycles. The number of carbonyl (C=O) groups is 2. The van der Waals surface area contributed by atoms with Gasteiger partial charge in [0.15, 0.2) is 0 Å². The lowest BCUT2D eigenvalue weighted by molar-refractivity contribution is 0.0992. The summed E-state index contributed by atoms with van der Waals surface area (Å²) in [6, 6.07) is 15.2.